The van der Waals surface area contributed by atoms with Crippen molar-refractivity contribution in [2.75, 3.05) is 36.4 Å². The van der Waals surface area contributed by atoms with Gasteiger partial charge in [-0.25, -0.2) is 0 Å². The lowest BCUT2D eigenvalue weighted by Crippen LogP contribution is -2.45. The van der Waals surface area contributed by atoms with E-state index in [9.17, 15) is 4.79 Å². The lowest BCUT2D eigenvalue weighted by molar-refractivity contribution is -0.119. The van der Waals surface area contributed by atoms with Gasteiger partial charge in [-0.1, -0.05) is 37.3 Å². The Kier molecular flexibility index (Phi) is 7.39. The molecule has 1 saturated heterocycles. The minimum absolute atomic E-state index is 0.0509. The summed E-state index contributed by atoms with van der Waals surface area (Å²) in [5.74, 6) is -0.0509. The molecule has 5 nitrogen and oxygen atoms in total. The van der Waals surface area contributed by atoms with Crippen molar-refractivity contribution in [3.05, 3.63) is 60.2 Å². The van der Waals surface area contributed by atoms with Gasteiger partial charge in [0.15, 0.2) is 5.11 Å². The topological polar surface area (TPSA) is 47.6 Å². The number of rotatable bonds is 6. The second-order valence-electron chi connectivity index (χ2n) is 7.05. The molecule has 1 fully saturated rings. The molecule has 0 atom stereocenters. The smallest absolute Gasteiger partial charge is 0.226 e. The van der Waals surface area contributed by atoms with Crippen molar-refractivity contribution in [2.24, 2.45) is 0 Å². The van der Waals surface area contributed by atoms with E-state index in [1.807, 2.05) is 19.1 Å². The van der Waals surface area contributed by atoms with Crippen LogP contribution in [0.3, 0.4) is 0 Å². The van der Waals surface area contributed by atoms with Gasteiger partial charge in [-0.15, -0.1) is 0 Å². The number of carbonyl (C=O) groups excluding carboxylic acids is 1. The molecule has 0 saturated carbocycles. The average Bonchev–Trinajstić information content (AvgIpc) is 2.70. The fourth-order valence-electron chi connectivity index (χ4n) is 3.34. The summed E-state index contributed by atoms with van der Waals surface area (Å²) in [5.41, 5.74) is 3.47. The summed E-state index contributed by atoms with van der Waals surface area (Å²) in [7, 11) is 0. The van der Waals surface area contributed by atoms with Gasteiger partial charge in [0.2, 0.25) is 5.91 Å². The van der Waals surface area contributed by atoms with Gasteiger partial charge < -0.3 is 15.5 Å². The van der Waals surface area contributed by atoms with E-state index in [-0.39, 0.29) is 5.91 Å². The van der Waals surface area contributed by atoms with E-state index in [1.54, 1.807) is 0 Å². The number of thiocarbonyl (C=S) groups is 1. The fraction of sp³-hybridized carbons (Fsp3) is 0.364. The molecule has 0 bridgehead atoms. The summed E-state index contributed by atoms with van der Waals surface area (Å²) in [6.07, 6.45) is 1.29. The molecule has 0 radical (unpaired) electrons. The van der Waals surface area contributed by atoms with Crippen LogP contribution < -0.4 is 15.5 Å². The SMILES string of the molecule is CCCC(=O)NC(=S)Nc1ccc(N2CCN(Cc3ccccc3)CC2)cc1. The van der Waals surface area contributed by atoms with Crippen LogP contribution in [0, 0.1) is 0 Å². The van der Waals surface area contributed by atoms with Crippen LogP contribution >= 0.6 is 12.2 Å². The standard InChI is InChI=1S/C22H28N4OS/c1-2-6-21(27)24-22(28)23-19-9-11-20(12-10-19)26-15-13-25(14-16-26)17-18-7-4-3-5-8-18/h3-5,7-12H,2,6,13-17H2,1H3,(H2,23,24,27,28). The van der Waals surface area contributed by atoms with Crippen molar-refractivity contribution >= 4 is 34.6 Å². The van der Waals surface area contributed by atoms with Crippen LogP contribution in [0.25, 0.3) is 0 Å². The number of hydrogen-bond acceptors (Lipinski definition) is 4. The molecular formula is C22H28N4OS. The number of hydrogen-bond donors (Lipinski definition) is 2. The molecule has 6 heteroatoms. The molecule has 1 heterocycles. The van der Waals surface area contributed by atoms with Crippen molar-refractivity contribution in [2.45, 2.75) is 26.3 Å². The molecule has 2 aromatic rings. The summed E-state index contributed by atoms with van der Waals surface area (Å²) in [6.45, 7) is 7.13. The molecule has 0 aliphatic carbocycles. The third-order valence-corrected chi connectivity index (χ3v) is 5.05. The van der Waals surface area contributed by atoms with Gasteiger partial charge in [0.05, 0.1) is 0 Å². The number of piperazine rings is 1. The molecule has 0 aromatic heterocycles. The van der Waals surface area contributed by atoms with Gasteiger partial charge >= 0.3 is 0 Å². The molecule has 1 aliphatic rings. The van der Waals surface area contributed by atoms with Crippen molar-refractivity contribution in [3.63, 3.8) is 0 Å². The first-order valence-corrected chi connectivity index (χ1v) is 10.3. The van der Waals surface area contributed by atoms with Crippen molar-refractivity contribution in [1.82, 2.24) is 10.2 Å². The minimum Gasteiger partial charge on any atom is -0.369 e. The van der Waals surface area contributed by atoms with Gasteiger partial charge in [0.25, 0.3) is 0 Å². The highest BCUT2D eigenvalue weighted by Crippen LogP contribution is 2.20. The molecule has 0 spiro atoms. The molecule has 2 aromatic carbocycles. The van der Waals surface area contributed by atoms with Gasteiger partial charge in [0, 0.05) is 50.5 Å². The largest absolute Gasteiger partial charge is 0.369 e. The van der Waals surface area contributed by atoms with Gasteiger partial charge in [-0.2, -0.15) is 0 Å². The first-order chi connectivity index (χ1) is 13.6. The fourth-order valence-corrected chi connectivity index (χ4v) is 3.57. The van der Waals surface area contributed by atoms with E-state index in [0.717, 1.165) is 44.8 Å². The molecule has 148 valence electrons. The number of nitrogens with one attached hydrogen (secondary N) is 2. The first kappa shape index (κ1) is 20.3. The first-order valence-electron chi connectivity index (χ1n) is 9.86. The molecule has 1 amide bonds. The molecule has 1 aliphatic heterocycles. The highest BCUT2D eigenvalue weighted by Gasteiger charge is 2.17. The van der Waals surface area contributed by atoms with Gasteiger partial charge in [-0.3, -0.25) is 9.69 Å². The van der Waals surface area contributed by atoms with E-state index < -0.39 is 0 Å². The summed E-state index contributed by atoms with van der Waals surface area (Å²) in [6, 6.07) is 18.8. The second kappa shape index (κ2) is 10.2. The summed E-state index contributed by atoms with van der Waals surface area (Å²) in [4.78, 5) is 16.5. The zero-order valence-electron chi connectivity index (χ0n) is 16.4. The maximum absolute atomic E-state index is 11.6. The highest BCUT2D eigenvalue weighted by atomic mass is 32.1. The molecule has 28 heavy (non-hydrogen) atoms. The van der Waals surface area contributed by atoms with Gasteiger partial charge in [0.1, 0.15) is 0 Å². The normalized spacial score (nSPS) is 14.5. The van der Waals surface area contributed by atoms with Crippen LogP contribution in [0.1, 0.15) is 25.3 Å². The Hall–Kier alpha value is -2.44. The third-order valence-electron chi connectivity index (χ3n) is 4.84. The van der Waals surface area contributed by atoms with Crippen LogP contribution in [-0.2, 0) is 11.3 Å². The Labute approximate surface area is 172 Å². The third kappa shape index (κ3) is 6.04. The van der Waals surface area contributed by atoms with Crippen molar-refractivity contribution in [1.29, 1.82) is 0 Å². The summed E-state index contributed by atoms with van der Waals surface area (Å²) < 4.78 is 0. The van der Waals surface area contributed by atoms with Gasteiger partial charge in [-0.05, 0) is 48.5 Å². The maximum Gasteiger partial charge on any atom is 0.226 e. The number of amides is 1. The molecule has 3 rings (SSSR count). The summed E-state index contributed by atoms with van der Waals surface area (Å²) in [5, 5.41) is 6.11. The van der Waals surface area contributed by atoms with E-state index in [2.05, 4.69) is 62.9 Å². The van der Waals surface area contributed by atoms with Crippen LogP contribution in [0.2, 0.25) is 0 Å². The zero-order valence-corrected chi connectivity index (χ0v) is 17.2. The molecule has 0 unspecified atom stereocenters. The minimum atomic E-state index is -0.0509. The predicted molar refractivity (Wildman–Crippen MR) is 120 cm³/mol. The summed E-state index contributed by atoms with van der Waals surface area (Å²) >= 11 is 5.19. The van der Waals surface area contributed by atoms with E-state index in [0.29, 0.717) is 11.5 Å². The number of anilines is 2. The quantitative estimate of drug-likeness (QED) is 0.731. The van der Waals surface area contributed by atoms with Crippen LogP contribution in [-0.4, -0.2) is 42.1 Å². The van der Waals surface area contributed by atoms with E-state index >= 15 is 0 Å². The lowest BCUT2D eigenvalue weighted by Gasteiger charge is -2.36. The average molecular weight is 397 g/mol. The van der Waals surface area contributed by atoms with E-state index in [4.69, 9.17) is 12.2 Å². The number of benzene rings is 2. The molecule has 2 N–H and O–H groups in total. The van der Waals surface area contributed by atoms with Crippen molar-refractivity contribution < 1.29 is 4.79 Å². The highest BCUT2D eigenvalue weighted by molar-refractivity contribution is 7.80. The Balaban J connectivity index is 1.46. The Morgan fingerprint density at radius 2 is 1.68 bits per heavy atom. The predicted octanol–water partition coefficient (Wildman–Crippen LogP) is 3.62. The molecular weight excluding hydrogens is 368 g/mol. The number of carbonyl (C=O) groups is 1. The maximum atomic E-state index is 11.6. The monoisotopic (exact) mass is 396 g/mol. The van der Waals surface area contributed by atoms with Crippen LogP contribution in [0.15, 0.2) is 54.6 Å². The Morgan fingerprint density at radius 3 is 2.32 bits per heavy atom. The van der Waals surface area contributed by atoms with Crippen molar-refractivity contribution in [3.8, 4) is 0 Å². The Morgan fingerprint density at radius 1 is 1.00 bits per heavy atom. The number of nitrogens with zero attached hydrogens (tertiary/aromatic N) is 2. The second-order valence-corrected chi connectivity index (χ2v) is 7.46. The zero-order chi connectivity index (χ0) is 19.8. The lowest BCUT2D eigenvalue weighted by atomic mass is 10.2. The van der Waals surface area contributed by atoms with Crippen LogP contribution in [0.4, 0.5) is 11.4 Å². The van der Waals surface area contributed by atoms with E-state index in [1.165, 1.54) is 11.3 Å². The van der Waals surface area contributed by atoms with Crippen LogP contribution in [0.5, 0.6) is 0 Å². The Bertz CT molecular complexity index is 771.